The van der Waals surface area contributed by atoms with Crippen LogP contribution in [0.5, 0.6) is 0 Å². The standard InChI is InChI=1S/C17H21NO5/c19-14-9-7-12-6-8-13(15(14)16(20)21)18(12)17(22)23-10-11-4-2-1-3-5-11/h1-5,12-15,19H,6-10H2,(H,20,21)/t12-,13+,14+,15-/m0/s1. The van der Waals surface area contributed by atoms with Crippen LogP contribution in [-0.4, -0.2) is 45.4 Å². The summed E-state index contributed by atoms with van der Waals surface area (Å²) in [5.41, 5.74) is 0.887. The molecular weight excluding hydrogens is 298 g/mol. The number of nitrogens with zero attached hydrogens (tertiary/aromatic N) is 1. The molecule has 2 aliphatic heterocycles. The third kappa shape index (κ3) is 3.17. The molecule has 2 saturated heterocycles. The van der Waals surface area contributed by atoms with Crippen LogP contribution in [0.4, 0.5) is 4.79 Å². The lowest BCUT2D eigenvalue weighted by Gasteiger charge is -2.30. The third-order valence-corrected chi connectivity index (χ3v) is 4.87. The van der Waals surface area contributed by atoms with E-state index in [2.05, 4.69) is 0 Å². The molecule has 0 aromatic heterocycles. The molecule has 23 heavy (non-hydrogen) atoms. The molecule has 0 saturated carbocycles. The topological polar surface area (TPSA) is 87.1 Å². The quantitative estimate of drug-likeness (QED) is 0.890. The van der Waals surface area contributed by atoms with E-state index in [-0.39, 0.29) is 12.6 Å². The van der Waals surface area contributed by atoms with Gasteiger partial charge in [-0.05, 0) is 31.2 Å². The van der Waals surface area contributed by atoms with Gasteiger partial charge in [0.25, 0.3) is 0 Å². The first-order valence-electron chi connectivity index (χ1n) is 7.98. The second-order valence-electron chi connectivity index (χ2n) is 6.25. The molecular formula is C17H21NO5. The number of fused-ring (bicyclic) bond motifs is 2. The number of amides is 1. The molecule has 0 spiro atoms. The number of carboxylic acids is 1. The minimum atomic E-state index is -1.05. The second kappa shape index (κ2) is 6.58. The first-order valence-corrected chi connectivity index (χ1v) is 7.98. The summed E-state index contributed by atoms with van der Waals surface area (Å²) in [6.45, 7) is 0.163. The first-order chi connectivity index (χ1) is 11.1. The van der Waals surface area contributed by atoms with Crippen molar-refractivity contribution < 1.29 is 24.5 Å². The Balaban J connectivity index is 1.72. The predicted octanol–water partition coefficient (Wildman–Crippen LogP) is 2.01. The number of hydrogen-bond donors (Lipinski definition) is 2. The van der Waals surface area contributed by atoms with Crippen molar-refractivity contribution in [1.82, 2.24) is 4.90 Å². The molecule has 0 unspecified atom stereocenters. The van der Waals surface area contributed by atoms with Crippen molar-refractivity contribution in [3.63, 3.8) is 0 Å². The normalized spacial score (nSPS) is 29.9. The number of hydrogen-bond acceptors (Lipinski definition) is 4. The summed E-state index contributed by atoms with van der Waals surface area (Å²) in [4.78, 5) is 25.6. The lowest BCUT2D eigenvalue weighted by atomic mass is 9.88. The Hall–Kier alpha value is -2.08. The largest absolute Gasteiger partial charge is 0.481 e. The Kier molecular flexibility index (Phi) is 4.52. The molecule has 2 bridgehead atoms. The molecule has 2 fully saturated rings. The van der Waals surface area contributed by atoms with Gasteiger partial charge in [0.15, 0.2) is 0 Å². The van der Waals surface area contributed by atoms with Gasteiger partial charge >= 0.3 is 12.1 Å². The van der Waals surface area contributed by atoms with Gasteiger partial charge in [-0.1, -0.05) is 30.3 Å². The number of aliphatic carboxylic acids is 1. The Bertz CT molecular complexity index is 576. The molecule has 2 aliphatic rings. The maximum absolute atomic E-state index is 12.5. The molecule has 124 valence electrons. The molecule has 0 radical (unpaired) electrons. The van der Waals surface area contributed by atoms with E-state index < -0.39 is 30.1 Å². The van der Waals surface area contributed by atoms with Crippen LogP contribution in [0.3, 0.4) is 0 Å². The fourth-order valence-corrected chi connectivity index (χ4v) is 3.75. The van der Waals surface area contributed by atoms with E-state index in [9.17, 15) is 19.8 Å². The molecule has 3 rings (SSSR count). The fourth-order valence-electron chi connectivity index (χ4n) is 3.75. The number of rotatable bonds is 3. The summed E-state index contributed by atoms with van der Waals surface area (Å²) >= 11 is 0. The molecule has 2 N–H and O–H groups in total. The third-order valence-electron chi connectivity index (χ3n) is 4.87. The minimum Gasteiger partial charge on any atom is -0.481 e. The number of benzene rings is 1. The number of aliphatic hydroxyl groups excluding tert-OH is 1. The van der Waals surface area contributed by atoms with Crippen LogP contribution in [0.2, 0.25) is 0 Å². The number of carbonyl (C=O) groups is 2. The van der Waals surface area contributed by atoms with Crippen molar-refractivity contribution in [1.29, 1.82) is 0 Å². The van der Waals surface area contributed by atoms with E-state index in [1.54, 1.807) is 4.90 Å². The summed E-state index contributed by atoms with van der Waals surface area (Å²) in [5.74, 6) is -1.99. The van der Waals surface area contributed by atoms with Crippen molar-refractivity contribution in [2.45, 2.75) is 50.5 Å². The summed E-state index contributed by atoms with van der Waals surface area (Å²) in [6, 6.07) is 8.84. The molecule has 0 aliphatic carbocycles. The van der Waals surface area contributed by atoms with Crippen molar-refractivity contribution in [2.75, 3.05) is 0 Å². The Morgan fingerprint density at radius 3 is 2.52 bits per heavy atom. The van der Waals surface area contributed by atoms with E-state index in [0.717, 1.165) is 12.0 Å². The van der Waals surface area contributed by atoms with Crippen LogP contribution in [-0.2, 0) is 16.1 Å². The number of carbonyl (C=O) groups excluding carboxylic acids is 1. The van der Waals surface area contributed by atoms with Gasteiger partial charge in [-0.3, -0.25) is 4.79 Å². The van der Waals surface area contributed by atoms with Crippen molar-refractivity contribution >= 4 is 12.1 Å². The monoisotopic (exact) mass is 319 g/mol. The van der Waals surface area contributed by atoms with Crippen LogP contribution < -0.4 is 0 Å². The summed E-state index contributed by atoms with van der Waals surface area (Å²) in [6.07, 6.45) is 0.984. The molecule has 1 aromatic carbocycles. The van der Waals surface area contributed by atoms with Gasteiger partial charge in [0.1, 0.15) is 12.5 Å². The highest BCUT2D eigenvalue weighted by atomic mass is 16.6. The SMILES string of the molecule is O=C(O)[C@@H]1[C@H](O)CC[C@@H]2CC[C@H]1N2C(=O)OCc1ccccc1. The van der Waals surface area contributed by atoms with Crippen LogP contribution in [0, 0.1) is 5.92 Å². The molecule has 2 heterocycles. The van der Waals surface area contributed by atoms with Gasteiger partial charge in [-0.15, -0.1) is 0 Å². The van der Waals surface area contributed by atoms with Crippen LogP contribution >= 0.6 is 0 Å². The van der Waals surface area contributed by atoms with Crippen molar-refractivity contribution in [3.8, 4) is 0 Å². The van der Waals surface area contributed by atoms with Gasteiger partial charge in [0.2, 0.25) is 0 Å². The highest BCUT2D eigenvalue weighted by Gasteiger charge is 2.49. The van der Waals surface area contributed by atoms with Gasteiger partial charge in [0, 0.05) is 6.04 Å². The van der Waals surface area contributed by atoms with E-state index in [4.69, 9.17) is 4.74 Å². The van der Waals surface area contributed by atoms with E-state index in [0.29, 0.717) is 19.3 Å². The van der Waals surface area contributed by atoms with E-state index >= 15 is 0 Å². The molecule has 4 atom stereocenters. The first kappa shape index (κ1) is 15.8. The zero-order valence-corrected chi connectivity index (χ0v) is 12.8. The molecule has 6 nitrogen and oxygen atoms in total. The van der Waals surface area contributed by atoms with Crippen molar-refractivity contribution in [3.05, 3.63) is 35.9 Å². The highest BCUT2D eigenvalue weighted by Crippen LogP contribution is 2.38. The molecule has 1 aromatic rings. The van der Waals surface area contributed by atoms with Gasteiger partial charge < -0.3 is 19.8 Å². The summed E-state index contributed by atoms with van der Waals surface area (Å²) < 4.78 is 5.38. The van der Waals surface area contributed by atoms with Gasteiger partial charge in [0.05, 0.1) is 12.1 Å². The summed E-state index contributed by atoms with van der Waals surface area (Å²) in [5, 5.41) is 19.5. The average Bonchev–Trinajstić information content (AvgIpc) is 2.87. The Labute approximate surface area is 134 Å². The molecule has 6 heteroatoms. The fraction of sp³-hybridized carbons (Fsp3) is 0.529. The highest BCUT2D eigenvalue weighted by molar-refractivity contribution is 5.75. The van der Waals surface area contributed by atoms with Crippen LogP contribution in [0.15, 0.2) is 30.3 Å². The maximum Gasteiger partial charge on any atom is 0.410 e. The smallest absolute Gasteiger partial charge is 0.410 e. The van der Waals surface area contributed by atoms with Gasteiger partial charge in [-0.2, -0.15) is 0 Å². The maximum atomic E-state index is 12.5. The van der Waals surface area contributed by atoms with E-state index in [1.165, 1.54) is 0 Å². The van der Waals surface area contributed by atoms with Gasteiger partial charge in [-0.25, -0.2) is 4.79 Å². The number of carboxylic acid groups (broad SMARTS) is 1. The Morgan fingerprint density at radius 2 is 1.83 bits per heavy atom. The van der Waals surface area contributed by atoms with E-state index in [1.807, 2.05) is 30.3 Å². The average molecular weight is 319 g/mol. The number of ether oxygens (including phenoxy) is 1. The van der Waals surface area contributed by atoms with Crippen LogP contribution in [0.1, 0.15) is 31.2 Å². The second-order valence-corrected chi connectivity index (χ2v) is 6.25. The summed E-state index contributed by atoms with van der Waals surface area (Å²) in [7, 11) is 0. The lowest BCUT2D eigenvalue weighted by Crippen LogP contribution is -2.47. The minimum absolute atomic E-state index is 0.0396. The Morgan fingerprint density at radius 1 is 1.13 bits per heavy atom. The number of aliphatic hydroxyl groups is 1. The zero-order chi connectivity index (χ0) is 16.4. The van der Waals surface area contributed by atoms with Crippen LogP contribution in [0.25, 0.3) is 0 Å². The zero-order valence-electron chi connectivity index (χ0n) is 12.8. The lowest BCUT2D eigenvalue weighted by molar-refractivity contribution is -0.148. The molecule has 1 amide bonds. The predicted molar refractivity (Wildman–Crippen MR) is 81.6 cm³/mol. The van der Waals surface area contributed by atoms with Crippen molar-refractivity contribution in [2.24, 2.45) is 5.92 Å².